The first kappa shape index (κ1) is 13.2. The van der Waals surface area contributed by atoms with Crippen molar-refractivity contribution < 1.29 is 9.21 Å². The average Bonchev–Trinajstić information content (AvgIpc) is 2.89. The van der Waals surface area contributed by atoms with E-state index in [9.17, 15) is 4.79 Å². The van der Waals surface area contributed by atoms with Crippen molar-refractivity contribution in [2.45, 2.75) is 25.3 Å². The van der Waals surface area contributed by atoms with Gasteiger partial charge in [-0.3, -0.25) is 9.78 Å². The molecule has 1 saturated heterocycles. The van der Waals surface area contributed by atoms with Crippen LogP contribution in [-0.4, -0.2) is 21.5 Å². The molecule has 0 aromatic carbocycles. The van der Waals surface area contributed by atoms with Crippen molar-refractivity contribution in [3.63, 3.8) is 0 Å². The number of nitrogens with zero attached hydrogens (tertiary/aromatic N) is 2. The number of aryl methyl sites for hydroxylation is 1. The molecule has 1 aliphatic heterocycles. The zero-order valence-corrected chi connectivity index (χ0v) is 12.1. The molecule has 1 aliphatic rings. The highest BCUT2D eigenvalue weighted by atomic mass is 32.2. The van der Waals surface area contributed by atoms with Crippen molar-refractivity contribution in [2.75, 3.05) is 5.75 Å². The van der Waals surface area contributed by atoms with Gasteiger partial charge in [-0.15, -0.1) is 11.8 Å². The number of carbonyl (C=O) groups is 1. The summed E-state index contributed by atoms with van der Waals surface area (Å²) in [5.74, 6) is 2.74. The van der Waals surface area contributed by atoms with Crippen molar-refractivity contribution in [2.24, 2.45) is 0 Å². The van der Waals surface area contributed by atoms with Crippen molar-refractivity contribution in [1.82, 2.24) is 9.88 Å². The molecule has 3 heterocycles. The number of carbonyl (C=O) groups excluding carboxylic acids is 1. The Kier molecular flexibility index (Phi) is 3.78. The standard InChI is InChI=1S/C15H16N2O2S/c1-11-4-5-13(19-11)15-17(14(18)6-8-20-15)10-12-3-2-7-16-9-12/h2-5,7,9,15H,6,8,10H2,1H3. The van der Waals surface area contributed by atoms with Gasteiger partial charge in [0.05, 0.1) is 0 Å². The van der Waals surface area contributed by atoms with Crippen LogP contribution in [0.25, 0.3) is 0 Å². The molecule has 1 atom stereocenters. The smallest absolute Gasteiger partial charge is 0.224 e. The van der Waals surface area contributed by atoms with Gasteiger partial charge in [0.15, 0.2) is 0 Å². The van der Waals surface area contributed by atoms with Gasteiger partial charge in [0.2, 0.25) is 5.91 Å². The topological polar surface area (TPSA) is 46.3 Å². The number of rotatable bonds is 3. The van der Waals surface area contributed by atoms with Crippen LogP contribution in [0.15, 0.2) is 41.1 Å². The summed E-state index contributed by atoms with van der Waals surface area (Å²) in [5, 5.41) is -0.0369. The highest BCUT2D eigenvalue weighted by Gasteiger charge is 2.31. The minimum atomic E-state index is -0.0369. The SMILES string of the molecule is Cc1ccc(C2SCCC(=O)N2Cc2cccnc2)o1. The molecule has 1 fully saturated rings. The fraction of sp³-hybridized carbons (Fsp3) is 0.333. The molecule has 2 aromatic heterocycles. The molecule has 0 bridgehead atoms. The number of pyridine rings is 1. The van der Waals surface area contributed by atoms with Crippen LogP contribution in [0.2, 0.25) is 0 Å². The predicted molar refractivity (Wildman–Crippen MR) is 78.0 cm³/mol. The predicted octanol–water partition coefficient (Wildman–Crippen LogP) is 3.15. The van der Waals surface area contributed by atoms with Gasteiger partial charge >= 0.3 is 0 Å². The van der Waals surface area contributed by atoms with Gasteiger partial charge in [0.1, 0.15) is 16.9 Å². The Bertz CT molecular complexity index is 597. The largest absolute Gasteiger partial charge is 0.463 e. The number of furan rings is 1. The lowest BCUT2D eigenvalue weighted by Gasteiger charge is -2.33. The summed E-state index contributed by atoms with van der Waals surface area (Å²) in [4.78, 5) is 18.2. The Balaban J connectivity index is 1.85. The molecular formula is C15H16N2O2S. The van der Waals surface area contributed by atoms with Crippen molar-refractivity contribution >= 4 is 17.7 Å². The van der Waals surface area contributed by atoms with Crippen molar-refractivity contribution in [1.29, 1.82) is 0 Å². The third-order valence-corrected chi connectivity index (χ3v) is 4.52. The van der Waals surface area contributed by atoms with Crippen molar-refractivity contribution in [3.05, 3.63) is 53.7 Å². The molecule has 0 aliphatic carbocycles. The zero-order valence-electron chi connectivity index (χ0n) is 11.3. The monoisotopic (exact) mass is 288 g/mol. The molecule has 20 heavy (non-hydrogen) atoms. The summed E-state index contributed by atoms with van der Waals surface area (Å²) < 4.78 is 5.71. The molecule has 4 nitrogen and oxygen atoms in total. The molecule has 1 unspecified atom stereocenters. The van der Waals surface area contributed by atoms with Crippen LogP contribution in [0.5, 0.6) is 0 Å². The second-order valence-electron chi connectivity index (χ2n) is 4.80. The third kappa shape index (κ3) is 2.72. The quantitative estimate of drug-likeness (QED) is 0.870. The minimum Gasteiger partial charge on any atom is -0.463 e. The zero-order chi connectivity index (χ0) is 13.9. The first-order valence-electron chi connectivity index (χ1n) is 6.60. The Morgan fingerprint density at radius 2 is 2.35 bits per heavy atom. The molecule has 0 radical (unpaired) electrons. The van der Waals surface area contributed by atoms with Gasteiger partial charge in [-0.2, -0.15) is 0 Å². The van der Waals surface area contributed by atoms with E-state index in [-0.39, 0.29) is 11.3 Å². The number of aromatic nitrogens is 1. The summed E-state index contributed by atoms with van der Waals surface area (Å²) in [6.07, 6.45) is 4.13. The number of hydrogen-bond acceptors (Lipinski definition) is 4. The molecule has 0 N–H and O–H groups in total. The molecule has 2 aromatic rings. The summed E-state index contributed by atoms with van der Waals surface area (Å²) in [6.45, 7) is 2.49. The van der Waals surface area contributed by atoms with Crippen LogP contribution in [0.4, 0.5) is 0 Å². The lowest BCUT2D eigenvalue weighted by atomic mass is 10.2. The van der Waals surface area contributed by atoms with Gasteiger partial charge < -0.3 is 9.32 Å². The first-order valence-corrected chi connectivity index (χ1v) is 7.65. The van der Waals surface area contributed by atoms with Crippen LogP contribution >= 0.6 is 11.8 Å². The van der Waals surface area contributed by atoms with Crippen LogP contribution < -0.4 is 0 Å². The molecule has 104 valence electrons. The summed E-state index contributed by atoms with van der Waals surface area (Å²) >= 11 is 1.75. The van der Waals surface area contributed by atoms with Gasteiger partial charge in [-0.05, 0) is 30.7 Å². The number of amides is 1. The van der Waals surface area contributed by atoms with Gasteiger partial charge in [0, 0.05) is 31.1 Å². The lowest BCUT2D eigenvalue weighted by molar-refractivity contribution is -0.133. The van der Waals surface area contributed by atoms with Crippen LogP contribution in [0, 0.1) is 6.92 Å². The van der Waals surface area contributed by atoms with Crippen LogP contribution in [0.3, 0.4) is 0 Å². The van der Waals surface area contributed by atoms with E-state index in [1.54, 1.807) is 24.2 Å². The summed E-state index contributed by atoms with van der Waals surface area (Å²) in [5.41, 5.74) is 1.04. The molecule has 1 amide bonds. The second kappa shape index (κ2) is 5.71. The fourth-order valence-electron chi connectivity index (χ4n) is 2.30. The Morgan fingerprint density at radius 3 is 3.05 bits per heavy atom. The average molecular weight is 288 g/mol. The van der Waals surface area contributed by atoms with E-state index in [1.807, 2.05) is 36.1 Å². The maximum Gasteiger partial charge on any atom is 0.224 e. The number of thioether (sulfide) groups is 1. The highest BCUT2D eigenvalue weighted by molar-refractivity contribution is 7.99. The van der Waals surface area contributed by atoms with E-state index in [4.69, 9.17) is 4.42 Å². The highest BCUT2D eigenvalue weighted by Crippen LogP contribution is 2.38. The lowest BCUT2D eigenvalue weighted by Crippen LogP contribution is -2.36. The van der Waals surface area contributed by atoms with E-state index in [0.717, 1.165) is 22.8 Å². The Morgan fingerprint density at radius 1 is 1.45 bits per heavy atom. The normalized spacial score (nSPS) is 19.4. The van der Waals surface area contributed by atoms with Gasteiger partial charge in [0.25, 0.3) is 0 Å². The maximum atomic E-state index is 12.2. The summed E-state index contributed by atoms with van der Waals surface area (Å²) in [7, 11) is 0. The third-order valence-electron chi connectivity index (χ3n) is 3.28. The van der Waals surface area contributed by atoms with E-state index < -0.39 is 0 Å². The maximum absolute atomic E-state index is 12.2. The molecular weight excluding hydrogens is 272 g/mol. The molecule has 3 rings (SSSR count). The van der Waals surface area contributed by atoms with E-state index in [0.29, 0.717) is 13.0 Å². The Labute approximate surface area is 122 Å². The van der Waals surface area contributed by atoms with Gasteiger partial charge in [-0.25, -0.2) is 0 Å². The molecule has 5 heteroatoms. The van der Waals surface area contributed by atoms with E-state index in [2.05, 4.69) is 4.98 Å². The van der Waals surface area contributed by atoms with Crippen molar-refractivity contribution in [3.8, 4) is 0 Å². The van der Waals surface area contributed by atoms with Gasteiger partial charge in [-0.1, -0.05) is 6.07 Å². The minimum absolute atomic E-state index is 0.0369. The first-order chi connectivity index (χ1) is 9.74. The number of hydrogen-bond donors (Lipinski definition) is 0. The fourth-order valence-corrected chi connectivity index (χ4v) is 3.48. The van der Waals surface area contributed by atoms with Crippen LogP contribution in [-0.2, 0) is 11.3 Å². The molecule has 0 saturated carbocycles. The van der Waals surface area contributed by atoms with E-state index >= 15 is 0 Å². The molecule has 0 spiro atoms. The second-order valence-corrected chi connectivity index (χ2v) is 5.99. The van der Waals surface area contributed by atoms with Crippen LogP contribution in [0.1, 0.15) is 28.9 Å². The summed E-state index contributed by atoms with van der Waals surface area (Å²) in [6, 6.07) is 7.78. The Hall–Kier alpha value is -1.75. The van der Waals surface area contributed by atoms with E-state index in [1.165, 1.54) is 0 Å².